The minimum Gasteiger partial charge on any atom is -0.493 e. The van der Waals surface area contributed by atoms with E-state index in [2.05, 4.69) is 44.0 Å². The highest BCUT2D eigenvalue weighted by Gasteiger charge is 2.56. The van der Waals surface area contributed by atoms with Crippen LogP contribution < -0.4 is 4.74 Å². The molecule has 0 spiro atoms. The Labute approximate surface area is 125 Å². The van der Waals surface area contributed by atoms with Crippen molar-refractivity contribution in [2.45, 2.75) is 30.5 Å². The van der Waals surface area contributed by atoms with Gasteiger partial charge in [-0.3, -0.25) is 0 Å². The summed E-state index contributed by atoms with van der Waals surface area (Å²) in [6, 6.07) is 4.46. The minimum absolute atomic E-state index is 0.483. The molecule has 0 amide bonds. The molecule has 0 N–H and O–H groups in total. The lowest BCUT2D eigenvalue weighted by Crippen LogP contribution is -2.01. The van der Waals surface area contributed by atoms with Crippen LogP contribution in [0.25, 0.3) is 0 Å². The van der Waals surface area contributed by atoms with Crippen molar-refractivity contribution in [1.29, 1.82) is 0 Å². The Balaban J connectivity index is 1.68. The van der Waals surface area contributed by atoms with Gasteiger partial charge in [-0.2, -0.15) is 0 Å². The smallest absolute Gasteiger partial charge is 0.127 e. The molecule has 2 saturated carbocycles. The number of fused-ring (bicyclic) bond motifs is 2. The van der Waals surface area contributed by atoms with E-state index in [-0.39, 0.29) is 0 Å². The summed E-state index contributed by atoms with van der Waals surface area (Å²) in [6.07, 6.45) is 5.38. The topological polar surface area (TPSA) is 9.23 Å². The van der Waals surface area contributed by atoms with E-state index in [1.54, 1.807) is 0 Å². The van der Waals surface area contributed by atoms with Gasteiger partial charge in [-0.15, -0.1) is 0 Å². The standard InChI is InChI=1S/C15H16Br2O/c16-9-6-8-4-5-18-15(8)12(7-9)14(17)13-10-2-1-3-11(10)13/h6-7,10-11,13-14H,1-5H2. The molecule has 0 saturated heterocycles. The molecule has 3 unspecified atom stereocenters. The van der Waals surface area contributed by atoms with Gasteiger partial charge in [0.2, 0.25) is 0 Å². The second-order valence-electron chi connectivity index (χ2n) is 5.82. The molecule has 1 heterocycles. The first-order valence-electron chi connectivity index (χ1n) is 6.85. The quantitative estimate of drug-likeness (QED) is 0.674. The first-order chi connectivity index (χ1) is 8.75. The monoisotopic (exact) mass is 370 g/mol. The van der Waals surface area contributed by atoms with Crippen LogP contribution in [0.2, 0.25) is 0 Å². The highest BCUT2D eigenvalue weighted by molar-refractivity contribution is 9.10. The van der Waals surface area contributed by atoms with E-state index in [9.17, 15) is 0 Å². The molecule has 3 atom stereocenters. The third-order valence-corrected chi connectivity index (χ3v) is 6.45. The normalized spacial score (nSPS) is 33.8. The number of hydrogen-bond donors (Lipinski definition) is 0. The van der Waals surface area contributed by atoms with Gasteiger partial charge in [-0.1, -0.05) is 38.3 Å². The van der Waals surface area contributed by atoms with E-state index >= 15 is 0 Å². The lowest BCUT2D eigenvalue weighted by Gasteiger charge is -2.16. The molecule has 4 rings (SSSR count). The van der Waals surface area contributed by atoms with Crippen LogP contribution in [0, 0.1) is 17.8 Å². The van der Waals surface area contributed by atoms with Crippen LogP contribution in [0.15, 0.2) is 16.6 Å². The maximum atomic E-state index is 5.85. The fourth-order valence-electron chi connectivity index (χ4n) is 4.02. The van der Waals surface area contributed by atoms with Crippen molar-refractivity contribution >= 4 is 31.9 Å². The third kappa shape index (κ3) is 1.70. The maximum absolute atomic E-state index is 5.85. The van der Waals surface area contributed by atoms with Crippen LogP contribution in [0.5, 0.6) is 5.75 Å². The van der Waals surface area contributed by atoms with Gasteiger partial charge in [0.05, 0.1) is 6.61 Å². The molecule has 1 aromatic rings. The van der Waals surface area contributed by atoms with Gasteiger partial charge in [0, 0.05) is 21.3 Å². The lowest BCUT2D eigenvalue weighted by molar-refractivity contribution is 0.352. The maximum Gasteiger partial charge on any atom is 0.127 e. The van der Waals surface area contributed by atoms with Gasteiger partial charge >= 0.3 is 0 Å². The molecule has 2 fully saturated rings. The molecule has 1 aliphatic heterocycles. The van der Waals surface area contributed by atoms with E-state index < -0.39 is 0 Å². The molecule has 2 aliphatic carbocycles. The predicted octanol–water partition coefficient (Wildman–Crippen LogP) is 4.87. The van der Waals surface area contributed by atoms with Gasteiger partial charge in [0.1, 0.15) is 5.75 Å². The van der Waals surface area contributed by atoms with Crippen LogP contribution in [-0.4, -0.2) is 6.61 Å². The molecule has 18 heavy (non-hydrogen) atoms. The van der Waals surface area contributed by atoms with Crippen molar-refractivity contribution in [3.8, 4) is 5.75 Å². The first kappa shape index (κ1) is 11.8. The summed E-state index contributed by atoms with van der Waals surface area (Å²) in [4.78, 5) is 0.483. The molecule has 3 heteroatoms. The average molecular weight is 372 g/mol. The van der Waals surface area contributed by atoms with Crippen molar-refractivity contribution in [2.24, 2.45) is 17.8 Å². The number of alkyl halides is 1. The summed E-state index contributed by atoms with van der Waals surface area (Å²) in [5.74, 6) is 3.96. The van der Waals surface area contributed by atoms with Crippen LogP contribution in [0.1, 0.15) is 35.2 Å². The van der Waals surface area contributed by atoms with Crippen molar-refractivity contribution < 1.29 is 4.74 Å². The predicted molar refractivity (Wildman–Crippen MR) is 79.3 cm³/mol. The highest BCUT2D eigenvalue weighted by atomic mass is 79.9. The first-order valence-corrected chi connectivity index (χ1v) is 8.56. The Morgan fingerprint density at radius 3 is 2.78 bits per heavy atom. The van der Waals surface area contributed by atoms with Gasteiger partial charge in [0.15, 0.2) is 0 Å². The molecule has 0 aromatic heterocycles. The molecule has 96 valence electrons. The summed E-state index contributed by atoms with van der Waals surface area (Å²) in [5.41, 5.74) is 2.74. The van der Waals surface area contributed by atoms with Crippen molar-refractivity contribution in [1.82, 2.24) is 0 Å². The zero-order valence-electron chi connectivity index (χ0n) is 10.2. The largest absolute Gasteiger partial charge is 0.493 e. The molecule has 0 bridgehead atoms. The van der Waals surface area contributed by atoms with Gasteiger partial charge in [-0.25, -0.2) is 0 Å². The average Bonchev–Trinajstić information content (AvgIpc) is 2.76. The summed E-state index contributed by atoms with van der Waals surface area (Å²) in [6.45, 7) is 0.843. The number of rotatable bonds is 2. The van der Waals surface area contributed by atoms with E-state index in [1.165, 1.54) is 34.9 Å². The number of benzene rings is 1. The number of halogens is 2. The molecular formula is C15H16Br2O. The fraction of sp³-hybridized carbons (Fsp3) is 0.600. The van der Waals surface area contributed by atoms with E-state index in [0.29, 0.717) is 4.83 Å². The Morgan fingerprint density at radius 1 is 1.22 bits per heavy atom. The third-order valence-electron chi connectivity index (χ3n) is 4.88. The Kier molecular flexibility index (Phi) is 2.77. The van der Waals surface area contributed by atoms with E-state index in [0.717, 1.165) is 36.5 Å². The molecule has 0 radical (unpaired) electrons. The molecular weight excluding hydrogens is 356 g/mol. The van der Waals surface area contributed by atoms with Gasteiger partial charge in [-0.05, 0) is 48.3 Å². The van der Waals surface area contributed by atoms with Crippen molar-refractivity contribution in [2.75, 3.05) is 6.61 Å². The molecule has 3 aliphatic rings. The highest BCUT2D eigenvalue weighted by Crippen LogP contribution is 2.65. The SMILES string of the molecule is Brc1cc2c(c(C(Br)C3C4CCCC43)c1)OCC2. The minimum atomic E-state index is 0.483. The van der Waals surface area contributed by atoms with E-state index in [1.807, 2.05) is 0 Å². The van der Waals surface area contributed by atoms with E-state index in [4.69, 9.17) is 4.74 Å². The second kappa shape index (κ2) is 4.24. The van der Waals surface area contributed by atoms with Gasteiger partial charge in [0.25, 0.3) is 0 Å². The zero-order valence-corrected chi connectivity index (χ0v) is 13.3. The summed E-state index contributed by atoms with van der Waals surface area (Å²) in [7, 11) is 0. The number of hydrogen-bond acceptors (Lipinski definition) is 1. The van der Waals surface area contributed by atoms with Gasteiger partial charge < -0.3 is 4.74 Å². The molecule has 1 aromatic carbocycles. The Bertz CT molecular complexity index is 490. The fourth-order valence-corrected chi connectivity index (χ4v) is 5.67. The summed E-state index contributed by atoms with van der Waals surface area (Å²) < 4.78 is 7.05. The van der Waals surface area contributed by atoms with Crippen molar-refractivity contribution in [3.05, 3.63) is 27.7 Å². The Morgan fingerprint density at radius 2 is 2.00 bits per heavy atom. The van der Waals surface area contributed by atoms with Crippen molar-refractivity contribution in [3.63, 3.8) is 0 Å². The number of ether oxygens (including phenoxy) is 1. The van der Waals surface area contributed by atoms with Crippen LogP contribution in [0.3, 0.4) is 0 Å². The van der Waals surface area contributed by atoms with Crippen LogP contribution >= 0.6 is 31.9 Å². The van der Waals surface area contributed by atoms with Crippen LogP contribution in [-0.2, 0) is 6.42 Å². The summed E-state index contributed by atoms with van der Waals surface area (Å²) >= 11 is 7.59. The Hall–Kier alpha value is -0.0200. The second-order valence-corrected chi connectivity index (χ2v) is 7.72. The lowest BCUT2D eigenvalue weighted by atomic mass is 9.99. The molecule has 1 nitrogen and oxygen atoms in total. The van der Waals surface area contributed by atoms with Crippen LogP contribution in [0.4, 0.5) is 0 Å². The zero-order chi connectivity index (χ0) is 12.3. The summed E-state index contributed by atoms with van der Waals surface area (Å²) in [5, 5.41) is 0.